The van der Waals surface area contributed by atoms with Crippen LogP contribution in [0.3, 0.4) is 0 Å². The van der Waals surface area contributed by atoms with E-state index in [-0.39, 0.29) is 72.8 Å². The minimum Gasteiger partial charge on any atom is -0.492 e. The number of halogens is 1. The van der Waals surface area contributed by atoms with Crippen LogP contribution in [0.1, 0.15) is 115 Å². The minimum absolute atomic E-state index is 0.0593. The molecule has 0 spiro atoms. The topological polar surface area (TPSA) is 193 Å². The number of carbonyl (C=O) groups is 7. The van der Waals surface area contributed by atoms with Gasteiger partial charge < -0.3 is 37.9 Å². The van der Waals surface area contributed by atoms with Gasteiger partial charge in [0, 0.05) is 22.3 Å². The first kappa shape index (κ1) is 56.0. The largest absolute Gasteiger partial charge is 0.492 e. The molecule has 0 aliphatic heterocycles. The molecule has 68 heavy (non-hydrogen) atoms. The Labute approximate surface area is 398 Å². The molecule has 0 unspecified atom stereocenters. The zero-order chi connectivity index (χ0) is 50.4. The lowest BCUT2D eigenvalue weighted by molar-refractivity contribution is -0.165. The molecule has 0 heterocycles. The Hall–Kier alpha value is -6.32. The quantitative estimate of drug-likeness (QED) is 0.0287. The van der Waals surface area contributed by atoms with Crippen LogP contribution in [0.25, 0.3) is 11.1 Å². The number of benzene rings is 2. The van der Waals surface area contributed by atoms with Crippen molar-refractivity contribution in [3.8, 4) is 16.9 Å². The molecule has 2 aromatic rings. The molecular formula is C52H67FO15. The molecule has 1 fully saturated rings. The van der Waals surface area contributed by atoms with Gasteiger partial charge in [-0.1, -0.05) is 64.5 Å². The second-order valence-electron chi connectivity index (χ2n) is 17.4. The third-order valence-electron chi connectivity index (χ3n) is 11.5. The summed E-state index contributed by atoms with van der Waals surface area (Å²) in [4.78, 5) is 86.2. The third-order valence-corrected chi connectivity index (χ3v) is 11.5. The van der Waals surface area contributed by atoms with E-state index < -0.39 is 79.4 Å². The summed E-state index contributed by atoms with van der Waals surface area (Å²) in [7, 11) is 2.09. The predicted octanol–water partition coefficient (Wildman–Crippen LogP) is 8.37. The van der Waals surface area contributed by atoms with E-state index in [1.54, 1.807) is 24.3 Å². The van der Waals surface area contributed by atoms with Crippen LogP contribution in [-0.2, 0) is 79.6 Å². The summed E-state index contributed by atoms with van der Waals surface area (Å²) in [5.74, 6) is -6.46. The summed E-state index contributed by atoms with van der Waals surface area (Å²) in [5.41, 5.74) is 1.19. The van der Waals surface area contributed by atoms with Gasteiger partial charge in [0.1, 0.15) is 43.4 Å². The van der Waals surface area contributed by atoms with Gasteiger partial charge in [0.05, 0.1) is 27.4 Å². The number of hydrogen-bond acceptors (Lipinski definition) is 15. The first-order chi connectivity index (χ1) is 32.3. The first-order valence-electron chi connectivity index (χ1n) is 22.9. The van der Waals surface area contributed by atoms with E-state index in [1.165, 1.54) is 46.5 Å². The number of rotatable bonds is 26. The maximum absolute atomic E-state index is 16.5. The highest BCUT2D eigenvalue weighted by molar-refractivity contribution is 6.30. The van der Waals surface area contributed by atoms with Gasteiger partial charge in [-0.25, -0.2) is 38.0 Å². The Kier molecular flexibility index (Phi) is 23.2. The number of aryl methyl sites for hydroxylation is 2. The molecule has 3 rings (SSSR count). The van der Waals surface area contributed by atoms with E-state index >= 15 is 4.39 Å². The van der Waals surface area contributed by atoms with E-state index in [4.69, 9.17) is 28.4 Å². The summed E-state index contributed by atoms with van der Waals surface area (Å²) in [6.45, 7) is 15.0. The Morgan fingerprint density at radius 1 is 0.603 bits per heavy atom. The number of esters is 7. The van der Waals surface area contributed by atoms with E-state index in [0.717, 1.165) is 45.5 Å². The van der Waals surface area contributed by atoms with Crippen molar-refractivity contribution in [2.45, 2.75) is 111 Å². The normalized spacial score (nSPS) is 14.4. The molecule has 2 aromatic carbocycles. The highest BCUT2D eigenvalue weighted by Crippen LogP contribution is 2.40. The molecular weight excluding hydrogens is 884 g/mol. The standard InChI is InChI=1S/C52H67FO15/c1-10-11-12-15-36-18-20-37(21-19-36)38-22-23-42(43(53)28-38)41-26-39(16-13-24-63-50(59)48(57)61-8)44(40(27-41)17-14-25-64-51(60)49(58)62-9)65-29-52(30-66-45(54)33(2)3,31-67-46(55)34(4)5)32-68-47(56)35(6)7/h22-23,26-28,36-37H,2,4,6,10-21,24-25,29-32H2,1,3,5,7-9H3. The highest BCUT2D eigenvalue weighted by atomic mass is 19.1. The summed E-state index contributed by atoms with van der Waals surface area (Å²) < 4.78 is 59.0. The molecule has 0 aromatic heterocycles. The molecule has 0 atom stereocenters. The van der Waals surface area contributed by atoms with Crippen molar-refractivity contribution in [2.24, 2.45) is 11.3 Å². The Balaban J connectivity index is 2.17. The van der Waals surface area contributed by atoms with Crippen molar-refractivity contribution in [1.29, 1.82) is 0 Å². The summed E-state index contributed by atoms with van der Waals surface area (Å²) in [6, 6.07) is 8.69. The number of ether oxygens (including phenoxy) is 8. The number of carbonyl (C=O) groups excluding carboxylic acids is 7. The lowest BCUT2D eigenvalue weighted by Crippen LogP contribution is -2.44. The van der Waals surface area contributed by atoms with Gasteiger partial charge in [0.2, 0.25) is 0 Å². The van der Waals surface area contributed by atoms with Crippen molar-refractivity contribution < 1.29 is 75.8 Å². The summed E-state index contributed by atoms with van der Waals surface area (Å²) in [5, 5.41) is 0. The Bertz CT molecular complexity index is 2020. The lowest BCUT2D eigenvalue weighted by atomic mass is 9.77. The van der Waals surface area contributed by atoms with E-state index in [0.29, 0.717) is 22.6 Å². The van der Waals surface area contributed by atoms with Gasteiger partial charge >= 0.3 is 41.8 Å². The molecule has 0 radical (unpaired) electrons. The summed E-state index contributed by atoms with van der Waals surface area (Å²) in [6.07, 6.45) is 9.50. The van der Waals surface area contributed by atoms with Gasteiger partial charge in [0.15, 0.2) is 0 Å². The zero-order valence-corrected chi connectivity index (χ0v) is 40.4. The molecule has 15 nitrogen and oxygen atoms in total. The SMILES string of the molecule is C=C(C)C(=O)OCC(COC(=O)C(=C)C)(COC(=O)C(=C)C)COc1c(CCCOC(=O)C(=O)OC)cc(-c2ccc(C3CCC(CCCCC)CC3)cc2F)cc1CCCOC(=O)C(=O)OC. The molecule has 16 heteroatoms. The maximum Gasteiger partial charge on any atom is 0.417 e. The fourth-order valence-electron chi connectivity index (χ4n) is 7.59. The zero-order valence-electron chi connectivity index (χ0n) is 40.4. The van der Waals surface area contributed by atoms with Gasteiger partial charge in [-0.15, -0.1) is 0 Å². The Morgan fingerprint density at radius 3 is 1.49 bits per heavy atom. The maximum atomic E-state index is 16.5. The first-order valence-corrected chi connectivity index (χ1v) is 22.9. The van der Waals surface area contributed by atoms with Gasteiger partial charge in [0.25, 0.3) is 0 Å². The van der Waals surface area contributed by atoms with Crippen LogP contribution in [0.2, 0.25) is 0 Å². The van der Waals surface area contributed by atoms with Crippen molar-refractivity contribution in [1.82, 2.24) is 0 Å². The average Bonchev–Trinajstić information content (AvgIpc) is 3.32. The van der Waals surface area contributed by atoms with E-state index in [9.17, 15) is 33.6 Å². The van der Waals surface area contributed by atoms with Crippen molar-refractivity contribution >= 4 is 41.8 Å². The van der Waals surface area contributed by atoms with E-state index in [1.807, 2.05) is 6.07 Å². The van der Waals surface area contributed by atoms with Crippen LogP contribution in [0.4, 0.5) is 4.39 Å². The van der Waals surface area contributed by atoms with Crippen LogP contribution >= 0.6 is 0 Å². The van der Waals surface area contributed by atoms with Crippen molar-refractivity contribution in [3.63, 3.8) is 0 Å². The second-order valence-corrected chi connectivity index (χ2v) is 17.4. The molecule has 0 saturated heterocycles. The van der Waals surface area contributed by atoms with Crippen LogP contribution in [0, 0.1) is 17.2 Å². The highest BCUT2D eigenvalue weighted by Gasteiger charge is 2.38. The fourth-order valence-corrected chi connectivity index (χ4v) is 7.59. The van der Waals surface area contributed by atoms with Crippen LogP contribution in [-0.4, -0.2) is 95.6 Å². The van der Waals surface area contributed by atoms with Gasteiger partial charge in [-0.2, -0.15) is 0 Å². The molecule has 0 N–H and O–H groups in total. The summed E-state index contributed by atoms with van der Waals surface area (Å²) >= 11 is 0. The third kappa shape index (κ3) is 17.7. The average molecular weight is 951 g/mol. The number of hydrogen-bond donors (Lipinski definition) is 0. The van der Waals surface area contributed by atoms with Crippen molar-refractivity contribution in [2.75, 3.05) is 53.9 Å². The predicted molar refractivity (Wildman–Crippen MR) is 249 cm³/mol. The van der Waals surface area contributed by atoms with Gasteiger partial charge in [-0.3, -0.25) is 0 Å². The second kappa shape index (κ2) is 28.1. The molecule has 1 aliphatic rings. The van der Waals surface area contributed by atoms with E-state index in [2.05, 4.69) is 36.1 Å². The molecule has 0 amide bonds. The minimum atomic E-state index is -1.57. The molecule has 372 valence electrons. The monoisotopic (exact) mass is 950 g/mol. The Morgan fingerprint density at radius 2 is 1.07 bits per heavy atom. The number of methoxy groups -OCH3 is 2. The fraction of sp³-hybridized carbons (Fsp3) is 0.519. The lowest BCUT2D eigenvalue weighted by Gasteiger charge is -2.33. The molecule has 0 bridgehead atoms. The van der Waals surface area contributed by atoms with Crippen LogP contribution in [0.15, 0.2) is 66.8 Å². The molecule has 1 aliphatic carbocycles. The molecule has 1 saturated carbocycles. The van der Waals surface area contributed by atoms with Crippen LogP contribution in [0.5, 0.6) is 5.75 Å². The van der Waals surface area contributed by atoms with Crippen LogP contribution < -0.4 is 4.74 Å². The smallest absolute Gasteiger partial charge is 0.417 e. The van der Waals surface area contributed by atoms with Gasteiger partial charge in [-0.05, 0) is 124 Å². The number of unbranched alkanes of at least 4 members (excludes halogenated alkanes) is 2. The van der Waals surface area contributed by atoms with Crippen molar-refractivity contribution in [3.05, 3.63) is 89.3 Å².